The number of esters is 1. The molecule has 3 aromatic rings. The number of rotatable bonds is 4. The van der Waals surface area contributed by atoms with E-state index in [4.69, 9.17) is 4.74 Å². The fraction of sp³-hybridized carbons (Fsp3) is 0.118. The quantitative estimate of drug-likeness (QED) is 0.692. The Balaban J connectivity index is 1.69. The maximum Gasteiger partial charge on any atom is 0.339 e. The molecule has 0 saturated carbocycles. The highest BCUT2D eigenvalue weighted by Gasteiger charge is 2.06. The van der Waals surface area contributed by atoms with Crippen LogP contribution in [0.1, 0.15) is 16.1 Å². The van der Waals surface area contributed by atoms with E-state index >= 15 is 0 Å². The molecule has 5 nitrogen and oxygen atoms in total. The van der Waals surface area contributed by atoms with Crippen molar-refractivity contribution >= 4 is 16.9 Å². The van der Waals surface area contributed by atoms with Gasteiger partial charge in [0.2, 0.25) is 5.88 Å². The van der Waals surface area contributed by atoms with Gasteiger partial charge in [0, 0.05) is 17.6 Å². The zero-order valence-corrected chi connectivity index (χ0v) is 12.0. The fourth-order valence-electron chi connectivity index (χ4n) is 2.04. The number of carbonyl (C=O) groups excluding carboxylic acids is 1. The summed E-state index contributed by atoms with van der Waals surface area (Å²) in [6, 6.07) is 15.1. The number of hydrogen-bond acceptors (Lipinski definition) is 5. The van der Waals surface area contributed by atoms with Crippen molar-refractivity contribution in [3.8, 4) is 5.88 Å². The van der Waals surface area contributed by atoms with Crippen LogP contribution in [0.25, 0.3) is 10.9 Å². The lowest BCUT2D eigenvalue weighted by atomic mass is 10.2. The highest BCUT2D eigenvalue weighted by atomic mass is 16.5. The van der Waals surface area contributed by atoms with E-state index in [0.717, 1.165) is 16.6 Å². The third-order valence-corrected chi connectivity index (χ3v) is 3.18. The summed E-state index contributed by atoms with van der Waals surface area (Å²) < 4.78 is 10.2. The molecule has 0 unspecified atom stereocenters. The largest absolute Gasteiger partial charge is 0.471 e. The summed E-state index contributed by atoms with van der Waals surface area (Å²) in [4.78, 5) is 19.9. The molecular weight excluding hydrogens is 280 g/mol. The SMILES string of the molecule is COC(=O)c1ccc(OCc2ccc3ccccc3n2)nc1. The first kappa shape index (κ1) is 14.0. The number of methoxy groups -OCH3 is 1. The second-order valence-electron chi connectivity index (χ2n) is 4.66. The maximum atomic E-state index is 11.3. The number of nitrogens with zero attached hydrogens (tertiary/aromatic N) is 2. The Morgan fingerprint density at radius 3 is 2.73 bits per heavy atom. The predicted molar refractivity (Wildman–Crippen MR) is 81.7 cm³/mol. The van der Waals surface area contributed by atoms with Gasteiger partial charge in [0.1, 0.15) is 6.61 Å². The van der Waals surface area contributed by atoms with Crippen molar-refractivity contribution in [3.63, 3.8) is 0 Å². The Bertz CT molecular complexity index is 800. The Labute approximate surface area is 127 Å². The summed E-state index contributed by atoms with van der Waals surface area (Å²) in [5.74, 6) is 0.0119. The first-order valence-electron chi connectivity index (χ1n) is 6.78. The van der Waals surface area contributed by atoms with Crippen molar-refractivity contribution in [3.05, 3.63) is 66.0 Å². The summed E-state index contributed by atoms with van der Waals surface area (Å²) in [6.07, 6.45) is 1.43. The van der Waals surface area contributed by atoms with Crippen LogP contribution in [-0.2, 0) is 11.3 Å². The minimum absolute atomic E-state index is 0.315. The van der Waals surface area contributed by atoms with Gasteiger partial charge < -0.3 is 9.47 Å². The van der Waals surface area contributed by atoms with Crippen molar-refractivity contribution in [2.24, 2.45) is 0 Å². The molecule has 2 aromatic heterocycles. The van der Waals surface area contributed by atoms with E-state index in [1.165, 1.54) is 13.3 Å². The van der Waals surface area contributed by atoms with Crippen molar-refractivity contribution in [1.82, 2.24) is 9.97 Å². The molecule has 0 aliphatic carbocycles. The number of benzene rings is 1. The van der Waals surface area contributed by atoms with Crippen LogP contribution in [0.4, 0.5) is 0 Å². The van der Waals surface area contributed by atoms with Gasteiger partial charge in [0.15, 0.2) is 0 Å². The lowest BCUT2D eigenvalue weighted by Crippen LogP contribution is -2.03. The van der Waals surface area contributed by atoms with Crippen molar-refractivity contribution in [1.29, 1.82) is 0 Å². The fourth-order valence-corrected chi connectivity index (χ4v) is 2.04. The van der Waals surface area contributed by atoms with E-state index in [-0.39, 0.29) is 0 Å². The van der Waals surface area contributed by atoms with E-state index < -0.39 is 5.97 Å². The first-order chi connectivity index (χ1) is 10.8. The van der Waals surface area contributed by atoms with Crippen LogP contribution in [0, 0.1) is 0 Å². The predicted octanol–water partition coefficient (Wildman–Crippen LogP) is 3.00. The number of ether oxygens (including phenoxy) is 2. The lowest BCUT2D eigenvalue weighted by Gasteiger charge is -2.06. The monoisotopic (exact) mass is 294 g/mol. The van der Waals surface area contributed by atoms with Gasteiger partial charge in [-0.05, 0) is 18.2 Å². The molecule has 0 bridgehead atoms. The zero-order chi connectivity index (χ0) is 15.4. The molecule has 110 valence electrons. The number of fused-ring (bicyclic) bond motifs is 1. The summed E-state index contributed by atoms with van der Waals surface area (Å²) in [7, 11) is 1.33. The smallest absolute Gasteiger partial charge is 0.339 e. The van der Waals surface area contributed by atoms with Gasteiger partial charge in [-0.1, -0.05) is 24.3 Å². The number of pyridine rings is 2. The van der Waals surface area contributed by atoms with E-state index in [0.29, 0.717) is 18.1 Å². The molecule has 5 heteroatoms. The zero-order valence-electron chi connectivity index (χ0n) is 12.0. The minimum Gasteiger partial charge on any atom is -0.471 e. The first-order valence-corrected chi connectivity index (χ1v) is 6.78. The van der Waals surface area contributed by atoms with Crippen LogP contribution in [0.3, 0.4) is 0 Å². The van der Waals surface area contributed by atoms with Gasteiger partial charge in [-0.15, -0.1) is 0 Å². The van der Waals surface area contributed by atoms with Crippen molar-refractivity contribution in [2.75, 3.05) is 7.11 Å². The molecule has 0 aliphatic rings. The number of hydrogen-bond donors (Lipinski definition) is 0. The Hall–Kier alpha value is -2.95. The highest BCUT2D eigenvalue weighted by Crippen LogP contribution is 2.14. The molecule has 22 heavy (non-hydrogen) atoms. The molecule has 0 spiro atoms. The number of carbonyl (C=O) groups is 1. The molecule has 0 amide bonds. The number of aromatic nitrogens is 2. The van der Waals surface area contributed by atoms with Gasteiger partial charge in [0.25, 0.3) is 0 Å². The second kappa shape index (κ2) is 6.22. The van der Waals surface area contributed by atoms with E-state index in [1.54, 1.807) is 12.1 Å². The Morgan fingerprint density at radius 1 is 1.09 bits per heavy atom. The summed E-state index contributed by atoms with van der Waals surface area (Å²) in [5, 5.41) is 1.09. The summed E-state index contributed by atoms with van der Waals surface area (Å²) >= 11 is 0. The van der Waals surface area contributed by atoms with Gasteiger partial charge >= 0.3 is 5.97 Å². The van der Waals surface area contributed by atoms with Gasteiger partial charge in [-0.25, -0.2) is 14.8 Å². The molecule has 2 heterocycles. The lowest BCUT2D eigenvalue weighted by molar-refractivity contribution is 0.0600. The topological polar surface area (TPSA) is 61.3 Å². The van der Waals surface area contributed by atoms with Crippen LogP contribution in [0.15, 0.2) is 54.7 Å². The molecule has 0 aliphatic heterocycles. The third kappa shape index (κ3) is 3.03. The standard InChI is InChI=1S/C17H14N2O3/c1-21-17(20)13-7-9-16(18-10-13)22-11-14-8-6-12-4-2-3-5-15(12)19-14/h2-10H,11H2,1H3. The molecule has 0 atom stereocenters. The van der Waals surface area contributed by atoms with E-state index in [2.05, 4.69) is 14.7 Å². The Kier molecular flexibility index (Phi) is 3.96. The molecule has 0 saturated heterocycles. The van der Waals surface area contributed by atoms with Crippen LogP contribution >= 0.6 is 0 Å². The van der Waals surface area contributed by atoms with Crippen LogP contribution in [-0.4, -0.2) is 23.0 Å². The number of para-hydroxylation sites is 1. The second-order valence-corrected chi connectivity index (χ2v) is 4.66. The van der Waals surface area contributed by atoms with Crippen molar-refractivity contribution < 1.29 is 14.3 Å². The Morgan fingerprint density at radius 2 is 1.95 bits per heavy atom. The molecule has 0 radical (unpaired) electrons. The van der Waals surface area contributed by atoms with Crippen LogP contribution in [0.2, 0.25) is 0 Å². The molecule has 0 N–H and O–H groups in total. The summed E-state index contributed by atoms with van der Waals surface area (Å²) in [5.41, 5.74) is 2.13. The van der Waals surface area contributed by atoms with E-state index in [1.807, 2.05) is 36.4 Å². The van der Waals surface area contributed by atoms with Crippen LogP contribution in [0.5, 0.6) is 5.88 Å². The molecular formula is C17H14N2O3. The molecule has 1 aromatic carbocycles. The van der Waals surface area contributed by atoms with E-state index in [9.17, 15) is 4.79 Å². The van der Waals surface area contributed by atoms with Crippen molar-refractivity contribution in [2.45, 2.75) is 6.61 Å². The maximum absolute atomic E-state index is 11.3. The average Bonchev–Trinajstić information content (AvgIpc) is 2.59. The normalized spacial score (nSPS) is 10.4. The minimum atomic E-state index is -0.421. The van der Waals surface area contributed by atoms with Crippen LogP contribution < -0.4 is 4.74 Å². The molecule has 3 rings (SSSR count). The summed E-state index contributed by atoms with van der Waals surface area (Å²) in [6.45, 7) is 0.315. The van der Waals surface area contributed by atoms with Gasteiger partial charge in [-0.2, -0.15) is 0 Å². The van der Waals surface area contributed by atoms with Gasteiger partial charge in [0.05, 0.1) is 23.9 Å². The highest BCUT2D eigenvalue weighted by molar-refractivity contribution is 5.88. The molecule has 0 fully saturated rings. The average molecular weight is 294 g/mol. The van der Waals surface area contributed by atoms with Gasteiger partial charge in [-0.3, -0.25) is 0 Å². The third-order valence-electron chi connectivity index (χ3n) is 3.18.